The number of amides is 1. The summed E-state index contributed by atoms with van der Waals surface area (Å²) in [4.78, 5) is 23.7. The van der Waals surface area contributed by atoms with Crippen molar-refractivity contribution >= 4 is 33.8 Å². The van der Waals surface area contributed by atoms with Crippen LogP contribution < -0.4 is 19.2 Å². The second-order valence-electron chi connectivity index (χ2n) is 6.22. The number of hydrogen-bond acceptors (Lipinski definition) is 8. The van der Waals surface area contributed by atoms with Crippen LogP contribution in [0.25, 0.3) is 0 Å². The molecule has 166 valence electrons. The summed E-state index contributed by atoms with van der Waals surface area (Å²) in [5, 5.41) is 3.82. The molecule has 0 saturated heterocycles. The molecule has 2 aromatic carbocycles. The van der Waals surface area contributed by atoms with Crippen molar-refractivity contribution in [1.82, 2.24) is 5.43 Å². The monoisotopic (exact) mass is 449 g/mol. The quantitative estimate of drug-likeness (QED) is 0.349. The summed E-state index contributed by atoms with van der Waals surface area (Å²) in [5.74, 6) is -0.370. The number of anilines is 1. The van der Waals surface area contributed by atoms with Gasteiger partial charge in [0.25, 0.3) is 5.91 Å². The van der Waals surface area contributed by atoms with Gasteiger partial charge in [0.1, 0.15) is 6.54 Å². The minimum Gasteiger partial charge on any atom is -0.493 e. The molecule has 11 heteroatoms. The fourth-order valence-electron chi connectivity index (χ4n) is 2.55. The number of hydrazone groups is 1. The van der Waals surface area contributed by atoms with Gasteiger partial charge in [0.15, 0.2) is 11.5 Å². The van der Waals surface area contributed by atoms with Gasteiger partial charge in [-0.3, -0.25) is 9.10 Å². The highest BCUT2D eigenvalue weighted by atomic mass is 32.2. The maximum atomic E-state index is 12.3. The van der Waals surface area contributed by atoms with Gasteiger partial charge in [-0.05, 0) is 29.8 Å². The van der Waals surface area contributed by atoms with Gasteiger partial charge in [-0.25, -0.2) is 18.6 Å². The van der Waals surface area contributed by atoms with Crippen LogP contribution in [0.5, 0.6) is 11.5 Å². The van der Waals surface area contributed by atoms with Gasteiger partial charge in [0.2, 0.25) is 10.0 Å². The summed E-state index contributed by atoms with van der Waals surface area (Å²) in [6.07, 6.45) is 2.35. The first-order valence-electron chi connectivity index (χ1n) is 8.89. The molecule has 1 amide bonds. The summed E-state index contributed by atoms with van der Waals surface area (Å²) >= 11 is 0. The molecule has 0 atom stereocenters. The van der Waals surface area contributed by atoms with Gasteiger partial charge in [0, 0.05) is 6.07 Å². The number of benzene rings is 2. The number of nitrogens with zero attached hydrogens (tertiary/aromatic N) is 2. The van der Waals surface area contributed by atoms with Crippen LogP contribution in [0, 0.1) is 0 Å². The van der Waals surface area contributed by atoms with E-state index in [2.05, 4.69) is 15.3 Å². The number of rotatable bonds is 9. The summed E-state index contributed by atoms with van der Waals surface area (Å²) in [6.45, 7) is -0.493. The van der Waals surface area contributed by atoms with Crippen molar-refractivity contribution < 1.29 is 32.2 Å². The van der Waals surface area contributed by atoms with Crippen molar-refractivity contribution in [1.29, 1.82) is 0 Å². The zero-order chi connectivity index (χ0) is 23.0. The maximum absolute atomic E-state index is 12.3. The third kappa shape index (κ3) is 6.44. The molecule has 1 N–H and O–H groups in total. The lowest BCUT2D eigenvalue weighted by molar-refractivity contribution is -0.119. The molecule has 0 bridgehead atoms. The smallest absolute Gasteiger partial charge is 0.337 e. The Kier molecular flexibility index (Phi) is 7.97. The summed E-state index contributed by atoms with van der Waals surface area (Å²) in [5.41, 5.74) is 3.51. The van der Waals surface area contributed by atoms with E-state index in [1.165, 1.54) is 39.7 Å². The van der Waals surface area contributed by atoms with E-state index in [0.29, 0.717) is 22.6 Å². The standard InChI is InChI=1S/C20H23N3O7S/c1-28-17-10-9-16(11-18(17)29-2)23(31(4,26)27)13-19(24)22-21-12-14-5-7-15(8-6-14)20(25)30-3/h5-12H,13H2,1-4H3,(H,22,24)/b21-12-. The van der Waals surface area contributed by atoms with Crippen molar-refractivity contribution in [3.05, 3.63) is 53.6 Å². The highest BCUT2D eigenvalue weighted by Crippen LogP contribution is 2.32. The average Bonchev–Trinajstić information content (AvgIpc) is 2.76. The molecule has 0 aliphatic heterocycles. The van der Waals surface area contributed by atoms with Crippen molar-refractivity contribution in [3.63, 3.8) is 0 Å². The van der Waals surface area contributed by atoms with Crippen LogP contribution >= 0.6 is 0 Å². The number of esters is 1. The molecule has 0 heterocycles. The van der Waals surface area contributed by atoms with E-state index in [1.807, 2.05) is 0 Å². The van der Waals surface area contributed by atoms with E-state index in [9.17, 15) is 18.0 Å². The Morgan fingerprint density at radius 3 is 2.23 bits per heavy atom. The number of ether oxygens (including phenoxy) is 3. The Bertz CT molecular complexity index is 1070. The molecular weight excluding hydrogens is 426 g/mol. The Morgan fingerprint density at radius 2 is 1.68 bits per heavy atom. The largest absolute Gasteiger partial charge is 0.493 e. The highest BCUT2D eigenvalue weighted by molar-refractivity contribution is 7.92. The zero-order valence-corrected chi connectivity index (χ0v) is 18.3. The Balaban J connectivity index is 2.10. The number of hydrogen-bond donors (Lipinski definition) is 1. The number of sulfonamides is 1. The van der Waals surface area contributed by atoms with Crippen LogP contribution in [0.1, 0.15) is 15.9 Å². The molecule has 0 spiro atoms. The van der Waals surface area contributed by atoms with E-state index in [1.54, 1.807) is 30.3 Å². The molecule has 2 rings (SSSR count). The molecule has 0 radical (unpaired) electrons. The lowest BCUT2D eigenvalue weighted by atomic mass is 10.1. The summed E-state index contributed by atoms with van der Waals surface area (Å²) in [7, 11) is 0.398. The van der Waals surface area contributed by atoms with Crippen LogP contribution in [0.4, 0.5) is 5.69 Å². The molecule has 2 aromatic rings. The lowest BCUT2D eigenvalue weighted by Gasteiger charge is -2.22. The first kappa shape index (κ1) is 23.7. The van der Waals surface area contributed by atoms with E-state index < -0.39 is 28.4 Å². The number of nitrogens with one attached hydrogen (secondary N) is 1. The van der Waals surface area contributed by atoms with E-state index in [4.69, 9.17) is 9.47 Å². The van der Waals surface area contributed by atoms with Gasteiger partial charge < -0.3 is 14.2 Å². The predicted molar refractivity (Wildman–Crippen MR) is 115 cm³/mol. The Morgan fingerprint density at radius 1 is 1.03 bits per heavy atom. The topological polar surface area (TPSA) is 124 Å². The van der Waals surface area contributed by atoms with Crippen molar-refractivity contribution in [2.75, 3.05) is 38.4 Å². The molecule has 0 aromatic heterocycles. The second kappa shape index (κ2) is 10.4. The second-order valence-corrected chi connectivity index (χ2v) is 8.12. The van der Waals surface area contributed by atoms with Crippen LogP contribution in [-0.2, 0) is 19.6 Å². The van der Waals surface area contributed by atoms with Crippen LogP contribution in [0.3, 0.4) is 0 Å². The predicted octanol–water partition coefficient (Wildman–Crippen LogP) is 1.41. The third-order valence-corrected chi connectivity index (χ3v) is 5.22. The van der Waals surface area contributed by atoms with Crippen molar-refractivity contribution in [2.24, 2.45) is 5.10 Å². The minimum absolute atomic E-state index is 0.234. The van der Waals surface area contributed by atoms with Gasteiger partial charge in [-0.15, -0.1) is 0 Å². The SMILES string of the molecule is COC(=O)c1ccc(/C=N\NC(=O)CN(c2ccc(OC)c(OC)c2)S(C)(=O)=O)cc1. The fraction of sp³-hybridized carbons (Fsp3) is 0.250. The van der Waals surface area contributed by atoms with Crippen LogP contribution in [0.15, 0.2) is 47.6 Å². The Labute approximate surface area is 180 Å². The van der Waals surface area contributed by atoms with Crippen LogP contribution in [0.2, 0.25) is 0 Å². The zero-order valence-electron chi connectivity index (χ0n) is 17.5. The molecule has 0 saturated carbocycles. The molecule has 10 nitrogen and oxygen atoms in total. The van der Waals surface area contributed by atoms with Crippen molar-refractivity contribution in [3.8, 4) is 11.5 Å². The number of methoxy groups -OCH3 is 3. The molecule has 0 aliphatic carbocycles. The molecular formula is C20H23N3O7S. The van der Waals surface area contributed by atoms with Gasteiger partial charge in [-0.2, -0.15) is 5.10 Å². The minimum atomic E-state index is -3.77. The maximum Gasteiger partial charge on any atom is 0.337 e. The normalized spacial score (nSPS) is 11.1. The highest BCUT2D eigenvalue weighted by Gasteiger charge is 2.22. The molecule has 31 heavy (non-hydrogen) atoms. The van der Waals surface area contributed by atoms with Gasteiger partial charge >= 0.3 is 5.97 Å². The van der Waals surface area contributed by atoms with E-state index in [0.717, 1.165) is 10.6 Å². The number of carbonyl (C=O) groups is 2. The van der Waals surface area contributed by atoms with Gasteiger partial charge in [-0.1, -0.05) is 12.1 Å². The average molecular weight is 449 g/mol. The Hall–Kier alpha value is -3.60. The molecule has 0 fully saturated rings. The summed E-state index contributed by atoms with van der Waals surface area (Å²) < 4.78 is 40.3. The number of carbonyl (C=O) groups excluding carboxylic acids is 2. The van der Waals surface area contributed by atoms with E-state index >= 15 is 0 Å². The summed E-state index contributed by atoms with van der Waals surface area (Å²) in [6, 6.07) is 10.8. The van der Waals surface area contributed by atoms with Crippen molar-refractivity contribution in [2.45, 2.75) is 0 Å². The first-order valence-corrected chi connectivity index (χ1v) is 10.7. The van der Waals surface area contributed by atoms with Crippen LogP contribution in [-0.4, -0.2) is 60.6 Å². The third-order valence-electron chi connectivity index (χ3n) is 4.08. The fourth-order valence-corrected chi connectivity index (χ4v) is 3.40. The molecule has 0 aliphatic rings. The lowest BCUT2D eigenvalue weighted by Crippen LogP contribution is -2.39. The first-order chi connectivity index (χ1) is 14.7. The molecule has 0 unspecified atom stereocenters. The van der Waals surface area contributed by atoms with E-state index in [-0.39, 0.29) is 5.69 Å². The van der Waals surface area contributed by atoms with Gasteiger partial charge in [0.05, 0.1) is 45.1 Å².